The van der Waals surface area contributed by atoms with Crippen molar-refractivity contribution in [3.63, 3.8) is 0 Å². The van der Waals surface area contributed by atoms with Crippen LogP contribution in [0.2, 0.25) is 0 Å². The maximum atomic E-state index is 5.67. The van der Waals surface area contributed by atoms with E-state index in [4.69, 9.17) is 9.97 Å². The van der Waals surface area contributed by atoms with Crippen LogP contribution in [0.3, 0.4) is 0 Å². The van der Waals surface area contributed by atoms with Gasteiger partial charge in [0.15, 0.2) is 0 Å². The topological polar surface area (TPSA) is 34.0 Å². The van der Waals surface area contributed by atoms with Crippen LogP contribution in [-0.4, -0.2) is 20.6 Å². The van der Waals surface area contributed by atoms with Gasteiger partial charge in [-0.2, -0.15) is 0 Å². The molecule has 15 aromatic carbocycles. The van der Waals surface area contributed by atoms with Gasteiger partial charge in [-0.3, -0.25) is 0 Å². The Labute approximate surface area is 495 Å². The summed E-state index contributed by atoms with van der Waals surface area (Å²) in [5.74, 6) is 0.757. The zero-order chi connectivity index (χ0) is 56.1. The largest absolute Gasteiger partial charge is 0.309 e. The van der Waals surface area contributed by atoms with Gasteiger partial charge in [0.2, 0.25) is 5.95 Å². The Balaban J connectivity index is 0.774. The van der Waals surface area contributed by atoms with Crippen LogP contribution in [0.5, 0.6) is 0 Å². The number of aromatic nitrogens is 3. The summed E-state index contributed by atoms with van der Waals surface area (Å²) in [7, 11) is 0. The average Bonchev–Trinajstić information content (AvgIpc) is 1.43. The highest BCUT2D eigenvalue weighted by Crippen LogP contribution is 2.50. The second-order valence-corrected chi connectivity index (χ2v) is 23.5. The number of hydrogen-bond acceptors (Lipinski definition) is 3. The van der Waals surface area contributed by atoms with E-state index in [1.165, 1.54) is 135 Å². The van der Waals surface area contributed by atoms with Crippen molar-refractivity contribution in [3.05, 3.63) is 297 Å². The molecule has 17 aromatic rings. The predicted octanol–water partition coefficient (Wildman–Crippen LogP) is 21.7. The molecule has 2 aliphatic rings. The third-order valence-corrected chi connectivity index (χ3v) is 19.1. The average molecular weight is 1090 g/mol. The van der Waals surface area contributed by atoms with Crippen LogP contribution in [0.15, 0.2) is 291 Å². The van der Waals surface area contributed by atoms with Crippen molar-refractivity contribution in [2.45, 2.75) is 12.0 Å². The first-order chi connectivity index (χ1) is 42.6. The zero-order valence-electron chi connectivity index (χ0n) is 46.7. The summed E-state index contributed by atoms with van der Waals surface area (Å²) in [5, 5.41) is 25.0. The van der Waals surface area contributed by atoms with Crippen molar-refractivity contribution >= 4 is 130 Å². The van der Waals surface area contributed by atoms with Crippen LogP contribution in [0.25, 0.3) is 158 Å². The molecule has 86 heavy (non-hydrogen) atoms. The third kappa shape index (κ3) is 6.87. The van der Waals surface area contributed by atoms with Crippen molar-refractivity contribution < 1.29 is 0 Å². The van der Waals surface area contributed by atoms with E-state index in [2.05, 4.69) is 301 Å². The number of nitrogens with zero attached hydrogens (tertiary/aromatic N) is 4. The van der Waals surface area contributed by atoms with E-state index in [9.17, 15) is 0 Å². The van der Waals surface area contributed by atoms with E-state index in [0.29, 0.717) is 5.95 Å². The number of fused-ring (bicyclic) bond motifs is 24. The summed E-state index contributed by atoms with van der Waals surface area (Å²) in [4.78, 5) is 13.7. The van der Waals surface area contributed by atoms with Crippen LogP contribution in [0.1, 0.15) is 11.5 Å². The first kappa shape index (κ1) is 47.3. The molecule has 0 spiro atoms. The Bertz CT molecular complexity index is 5600. The fraction of sp³-hybridized carbons (Fsp3) is 0.0244. The number of benzene rings is 15. The molecule has 0 amide bonds. The van der Waals surface area contributed by atoms with Crippen molar-refractivity contribution in [2.75, 3.05) is 4.90 Å². The van der Waals surface area contributed by atoms with Gasteiger partial charge < -0.3 is 9.47 Å². The van der Waals surface area contributed by atoms with Gasteiger partial charge in [-0.25, -0.2) is 9.97 Å². The second kappa shape index (κ2) is 18.1. The summed E-state index contributed by atoms with van der Waals surface area (Å²) in [6, 6.07) is 98.9. The van der Waals surface area contributed by atoms with E-state index < -0.39 is 0 Å². The number of anilines is 2. The number of allylic oxidation sites excluding steroid dienone is 2. The van der Waals surface area contributed by atoms with Gasteiger partial charge in [-0.05, 0) is 174 Å². The summed E-state index contributed by atoms with van der Waals surface area (Å²) in [6.45, 7) is 0. The molecule has 0 saturated carbocycles. The SMILES string of the molecule is C1=CC2c3cc(-c4ccc5c(c4)c4ccccc4n5-c4ccc5c6ccccc6c6ccccc6c5c4)ccc3N(c3nc(-c4ccc5c6ccccc6c6ccccc6c5c4)cc(-c4ccc5c6ccccc6c6ccccc6c5c4)n3)C2C=C1. The summed E-state index contributed by atoms with van der Waals surface area (Å²) in [5.41, 5.74) is 12.1. The molecule has 2 atom stereocenters. The lowest BCUT2D eigenvalue weighted by Gasteiger charge is -2.27. The Hall–Kier alpha value is -11.2. The molecule has 0 saturated heterocycles. The van der Waals surface area contributed by atoms with Crippen molar-refractivity contribution in [1.82, 2.24) is 14.5 Å². The van der Waals surface area contributed by atoms with Gasteiger partial charge >= 0.3 is 0 Å². The van der Waals surface area contributed by atoms with Crippen LogP contribution in [0, 0.1) is 0 Å². The standard InChI is InChI=1S/C82H50N4/c1-4-23-60-54(17-1)57-20-7-10-26-63(57)71-45-51(33-38-66(60)71)76-48-77(52-34-39-67-61-24-5-2-18-55(61)58-21-8-11-27-64(58)72(67)46-52)84-82(83-76)86-79-32-16-14-30-70(79)75-44-50(36-42-81(75)86)49-35-41-80-74(43-49)69-29-13-15-31-78(69)85(80)53-37-40-68-62-25-6-3-19-56(62)59-22-9-12-28-65(59)73(68)47-53/h1-48,70,79H. The lowest BCUT2D eigenvalue weighted by Crippen LogP contribution is -2.30. The van der Waals surface area contributed by atoms with E-state index in [0.717, 1.165) is 33.9 Å². The monoisotopic (exact) mass is 1090 g/mol. The van der Waals surface area contributed by atoms with Gasteiger partial charge in [0, 0.05) is 39.2 Å². The van der Waals surface area contributed by atoms with Gasteiger partial charge in [0.25, 0.3) is 0 Å². The van der Waals surface area contributed by atoms with Gasteiger partial charge in [-0.15, -0.1) is 0 Å². The van der Waals surface area contributed by atoms with Crippen LogP contribution >= 0.6 is 0 Å². The molecule has 2 aromatic heterocycles. The van der Waals surface area contributed by atoms with Crippen molar-refractivity contribution in [3.8, 4) is 39.3 Å². The van der Waals surface area contributed by atoms with Crippen LogP contribution in [0.4, 0.5) is 11.6 Å². The molecular formula is C82H50N4. The van der Waals surface area contributed by atoms with Crippen molar-refractivity contribution in [1.29, 1.82) is 0 Å². The van der Waals surface area contributed by atoms with Gasteiger partial charge in [0.1, 0.15) is 0 Å². The molecular weight excluding hydrogens is 1040 g/mol. The number of rotatable bonds is 5. The molecule has 4 heteroatoms. The predicted molar refractivity (Wildman–Crippen MR) is 364 cm³/mol. The Kier molecular flexibility index (Phi) is 9.98. The van der Waals surface area contributed by atoms with E-state index in [1.807, 2.05) is 0 Å². The molecule has 3 heterocycles. The molecule has 398 valence electrons. The van der Waals surface area contributed by atoms with Gasteiger partial charge in [-0.1, -0.05) is 231 Å². The molecule has 1 aliphatic carbocycles. The van der Waals surface area contributed by atoms with E-state index >= 15 is 0 Å². The third-order valence-electron chi connectivity index (χ3n) is 19.1. The molecule has 0 radical (unpaired) electrons. The zero-order valence-corrected chi connectivity index (χ0v) is 46.7. The minimum atomic E-state index is -0.0373. The minimum absolute atomic E-state index is 0.0373. The molecule has 2 unspecified atom stereocenters. The highest BCUT2D eigenvalue weighted by Gasteiger charge is 2.39. The van der Waals surface area contributed by atoms with Gasteiger partial charge in [0.05, 0.1) is 28.5 Å². The fourth-order valence-corrected chi connectivity index (χ4v) is 15.2. The van der Waals surface area contributed by atoms with Crippen LogP contribution in [-0.2, 0) is 0 Å². The Morgan fingerprint density at radius 2 is 0.640 bits per heavy atom. The molecule has 0 fully saturated rings. The van der Waals surface area contributed by atoms with E-state index in [-0.39, 0.29) is 12.0 Å². The molecule has 4 nitrogen and oxygen atoms in total. The maximum Gasteiger partial charge on any atom is 0.231 e. The first-order valence-corrected chi connectivity index (χ1v) is 29.9. The maximum absolute atomic E-state index is 5.67. The molecule has 0 N–H and O–H groups in total. The number of para-hydroxylation sites is 1. The highest BCUT2D eigenvalue weighted by atomic mass is 15.3. The highest BCUT2D eigenvalue weighted by molar-refractivity contribution is 6.28. The summed E-state index contributed by atoms with van der Waals surface area (Å²) >= 11 is 0. The molecule has 19 rings (SSSR count). The van der Waals surface area contributed by atoms with Crippen molar-refractivity contribution in [2.24, 2.45) is 0 Å². The Morgan fingerprint density at radius 3 is 1.15 bits per heavy atom. The van der Waals surface area contributed by atoms with E-state index in [1.54, 1.807) is 0 Å². The number of hydrogen-bond donors (Lipinski definition) is 0. The molecule has 1 aliphatic heterocycles. The summed E-state index contributed by atoms with van der Waals surface area (Å²) in [6.07, 6.45) is 9.09. The lowest BCUT2D eigenvalue weighted by atomic mass is 9.89. The smallest absolute Gasteiger partial charge is 0.231 e. The second-order valence-electron chi connectivity index (χ2n) is 23.5. The lowest BCUT2D eigenvalue weighted by molar-refractivity contribution is 0.730. The fourth-order valence-electron chi connectivity index (χ4n) is 15.2. The Morgan fingerprint density at radius 1 is 0.267 bits per heavy atom. The minimum Gasteiger partial charge on any atom is -0.309 e. The summed E-state index contributed by atoms with van der Waals surface area (Å²) < 4.78 is 2.45. The van der Waals surface area contributed by atoms with Crippen LogP contribution < -0.4 is 4.90 Å². The first-order valence-electron chi connectivity index (χ1n) is 29.9. The normalized spacial score (nSPS) is 14.9. The quantitative estimate of drug-likeness (QED) is 0.161. The molecule has 0 bridgehead atoms.